The molecule has 6 heterocycles. The average molecular weight is 602 g/mol. The standard InChI is InChI=1S/C36H25N5O.Ni/c42-33-12-7-21-41(33)36-31-19-17-29(39-31)34(23-8-3-1-4-9-23)27-15-13-25(37-27)22-26-14-16-28(38-26)35(24-10-5-2-6-11-24)30-18-20-32(36)40-30;/h1-6,8-11,13-20,22H,7,12,21H2;/q-2;+2. The topological polar surface area (TPSA) is 74.3 Å². The normalized spacial score (nSPS) is 13.9. The minimum atomic E-state index is 0. The predicted molar refractivity (Wildman–Crippen MR) is 169 cm³/mol. The van der Waals surface area contributed by atoms with Gasteiger partial charge in [0.15, 0.2) is 0 Å². The van der Waals surface area contributed by atoms with Crippen LogP contribution in [0.15, 0.2) is 91.0 Å². The van der Waals surface area contributed by atoms with Gasteiger partial charge in [-0.15, -0.1) is 22.1 Å². The van der Waals surface area contributed by atoms with Crippen LogP contribution < -0.4 is 14.9 Å². The molecule has 0 spiro atoms. The van der Waals surface area contributed by atoms with Crippen LogP contribution in [0.4, 0.5) is 5.69 Å². The fraction of sp³-hybridized carbons (Fsp3) is 0.0833. The maximum Gasteiger partial charge on any atom is 2.00 e. The summed E-state index contributed by atoms with van der Waals surface area (Å²) in [5, 5.41) is 0. The van der Waals surface area contributed by atoms with Crippen molar-refractivity contribution in [1.82, 2.24) is 19.9 Å². The summed E-state index contributed by atoms with van der Waals surface area (Å²) in [7, 11) is 0. The minimum absolute atomic E-state index is 0. The van der Waals surface area contributed by atoms with Gasteiger partial charge >= 0.3 is 16.5 Å². The van der Waals surface area contributed by atoms with E-state index in [-0.39, 0.29) is 22.4 Å². The van der Waals surface area contributed by atoms with E-state index in [0.29, 0.717) is 13.0 Å². The molecular weight excluding hydrogens is 577 g/mol. The molecule has 1 saturated heterocycles. The largest absolute Gasteiger partial charge is 2.00 e. The smallest absolute Gasteiger partial charge is 0.657 e. The number of amides is 1. The summed E-state index contributed by atoms with van der Waals surface area (Å²) in [6.45, 7) is 0.639. The molecule has 7 heteroatoms. The first-order valence-corrected chi connectivity index (χ1v) is 14.2. The van der Waals surface area contributed by atoms with E-state index in [9.17, 15) is 4.79 Å². The van der Waals surface area contributed by atoms with E-state index >= 15 is 0 Å². The Labute approximate surface area is 258 Å². The fourth-order valence-corrected chi connectivity index (χ4v) is 5.97. The third-order valence-corrected chi connectivity index (χ3v) is 7.88. The van der Waals surface area contributed by atoms with Gasteiger partial charge in [-0.2, -0.15) is 0 Å². The first-order chi connectivity index (χ1) is 20.7. The first kappa shape index (κ1) is 26.9. The zero-order valence-electron chi connectivity index (χ0n) is 23.1. The zero-order valence-corrected chi connectivity index (χ0v) is 24.0. The Kier molecular flexibility index (Phi) is 6.88. The summed E-state index contributed by atoms with van der Waals surface area (Å²) < 4.78 is 0. The maximum absolute atomic E-state index is 13.1. The zero-order chi connectivity index (χ0) is 28.0. The van der Waals surface area contributed by atoms with Gasteiger partial charge in [0.2, 0.25) is 5.91 Å². The summed E-state index contributed by atoms with van der Waals surface area (Å²) in [5.41, 5.74) is 11.0. The quantitative estimate of drug-likeness (QED) is 0.198. The number of hydrogen-bond donors (Lipinski definition) is 0. The van der Waals surface area contributed by atoms with Crippen molar-refractivity contribution in [3.8, 4) is 22.3 Å². The van der Waals surface area contributed by atoms with Crippen molar-refractivity contribution in [3.63, 3.8) is 0 Å². The van der Waals surface area contributed by atoms with Crippen molar-refractivity contribution in [2.45, 2.75) is 12.8 Å². The Morgan fingerprint density at radius 2 is 1.23 bits per heavy atom. The van der Waals surface area contributed by atoms with Crippen LogP contribution >= 0.6 is 0 Å². The Morgan fingerprint density at radius 1 is 0.628 bits per heavy atom. The molecule has 0 unspecified atom stereocenters. The van der Waals surface area contributed by atoms with E-state index in [1.54, 1.807) is 0 Å². The van der Waals surface area contributed by atoms with Gasteiger partial charge < -0.3 is 14.9 Å². The van der Waals surface area contributed by atoms with Gasteiger partial charge in [-0.3, -0.25) is 4.79 Å². The number of nitrogens with zero attached hydrogens (tertiary/aromatic N) is 5. The van der Waals surface area contributed by atoms with Crippen LogP contribution in [0.3, 0.4) is 0 Å². The molecule has 8 rings (SSSR count). The molecular formula is C36H25N5NiO. The second kappa shape index (κ2) is 11.0. The molecule has 3 aromatic heterocycles. The van der Waals surface area contributed by atoms with Crippen LogP contribution in [0.5, 0.6) is 0 Å². The van der Waals surface area contributed by atoms with Gasteiger partial charge in [0.05, 0.1) is 28.5 Å². The van der Waals surface area contributed by atoms with Crippen LogP contribution in [0.25, 0.3) is 68.6 Å². The third kappa shape index (κ3) is 4.82. The number of hydrogen-bond acceptors (Lipinski definition) is 3. The summed E-state index contributed by atoms with van der Waals surface area (Å²) in [5.74, 6) is 0.0910. The summed E-state index contributed by atoms with van der Waals surface area (Å²) in [6.07, 6.45) is 9.39. The second-order valence-corrected chi connectivity index (χ2v) is 10.6. The van der Waals surface area contributed by atoms with Crippen molar-refractivity contribution in [2.75, 3.05) is 11.4 Å². The molecule has 0 radical (unpaired) electrons. The number of anilines is 1. The molecule has 1 fully saturated rings. The van der Waals surface area contributed by atoms with Gasteiger partial charge in [0.25, 0.3) is 0 Å². The average Bonchev–Trinajstić information content (AvgIpc) is 3.85. The monoisotopic (exact) mass is 601 g/mol. The molecule has 8 bridgehead atoms. The Bertz CT molecular complexity index is 2050. The second-order valence-electron chi connectivity index (χ2n) is 10.6. The Balaban J connectivity index is 0.00000300. The van der Waals surface area contributed by atoms with E-state index in [1.165, 1.54) is 0 Å². The van der Waals surface area contributed by atoms with Crippen LogP contribution in [-0.4, -0.2) is 22.4 Å². The van der Waals surface area contributed by atoms with Gasteiger partial charge in [-0.25, -0.2) is 9.97 Å². The summed E-state index contributed by atoms with van der Waals surface area (Å²) >= 11 is 0. The molecule has 210 valence electrons. The van der Waals surface area contributed by atoms with Gasteiger partial charge in [-0.05, 0) is 53.0 Å². The van der Waals surface area contributed by atoms with Gasteiger partial charge in [-0.1, -0.05) is 91.0 Å². The van der Waals surface area contributed by atoms with Gasteiger partial charge in [0.1, 0.15) is 0 Å². The molecule has 3 aliphatic heterocycles. The third-order valence-electron chi connectivity index (χ3n) is 7.88. The van der Waals surface area contributed by atoms with E-state index in [0.717, 1.165) is 79.2 Å². The molecule has 43 heavy (non-hydrogen) atoms. The number of aromatic nitrogens is 4. The van der Waals surface area contributed by atoms with Crippen molar-refractivity contribution in [2.24, 2.45) is 0 Å². The van der Waals surface area contributed by atoms with E-state index in [4.69, 9.17) is 19.9 Å². The minimum Gasteiger partial charge on any atom is -0.657 e. The predicted octanol–water partition coefficient (Wildman–Crippen LogP) is 7.37. The Morgan fingerprint density at radius 3 is 1.93 bits per heavy atom. The fourth-order valence-electron chi connectivity index (χ4n) is 5.97. The van der Waals surface area contributed by atoms with Crippen LogP contribution in [0.2, 0.25) is 0 Å². The van der Waals surface area contributed by atoms with Crippen molar-refractivity contribution >= 4 is 58.0 Å². The molecule has 0 atom stereocenters. The molecule has 0 saturated carbocycles. The molecule has 1 amide bonds. The first-order valence-electron chi connectivity index (χ1n) is 14.2. The SMILES string of the molecule is O=C1CCCN1c1c2nc(c(-c3ccccc3)c3ccc(cc4nc(c(-c5ccccc5)c5ccc1[n-]5)C=C4)[n-]3)C=C2.[Ni+2]. The molecule has 5 aromatic rings. The number of rotatable bonds is 3. The molecule has 6 nitrogen and oxygen atoms in total. The van der Waals surface area contributed by atoms with Gasteiger partial charge in [0, 0.05) is 13.0 Å². The number of fused-ring (bicyclic) bond motifs is 8. The molecule has 0 aliphatic carbocycles. The van der Waals surface area contributed by atoms with Crippen LogP contribution in [0.1, 0.15) is 35.6 Å². The molecule has 3 aliphatic rings. The number of carbonyl (C=O) groups excluding carboxylic acids is 1. The summed E-state index contributed by atoms with van der Waals surface area (Å²) in [6, 6.07) is 30.5. The molecule has 2 aromatic carbocycles. The van der Waals surface area contributed by atoms with Crippen molar-refractivity contribution in [1.29, 1.82) is 0 Å². The van der Waals surface area contributed by atoms with Crippen molar-refractivity contribution in [3.05, 3.63) is 114 Å². The number of carbonyl (C=O) groups is 1. The Hall–Kier alpha value is -5.00. The maximum atomic E-state index is 13.1. The van der Waals surface area contributed by atoms with Crippen molar-refractivity contribution < 1.29 is 21.3 Å². The molecule has 0 N–H and O–H groups in total. The summed E-state index contributed by atoms with van der Waals surface area (Å²) in [4.78, 5) is 35.2. The van der Waals surface area contributed by atoms with Crippen LogP contribution in [0, 0.1) is 0 Å². The van der Waals surface area contributed by atoms with E-state index in [1.807, 2.05) is 95.9 Å². The van der Waals surface area contributed by atoms with E-state index < -0.39 is 0 Å². The van der Waals surface area contributed by atoms with E-state index in [2.05, 4.69) is 24.3 Å². The number of benzene rings is 2. The van der Waals surface area contributed by atoms with Crippen LogP contribution in [-0.2, 0) is 21.3 Å².